The van der Waals surface area contributed by atoms with E-state index in [4.69, 9.17) is 5.73 Å². The summed E-state index contributed by atoms with van der Waals surface area (Å²) in [5.41, 5.74) is 10.2. The van der Waals surface area contributed by atoms with Crippen LogP contribution in [0.1, 0.15) is 18.4 Å². The van der Waals surface area contributed by atoms with E-state index in [-0.39, 0.29) is 5.82 Å². The molecule has 1 fully saturated rings. The maximum absolute atomic E-state index is 12.4. The molecule has 0 spiro atoms. The first-order chi connectivity index (χ1) is 16.0. The number of nitrogens with one attached hydrogen (secondary N) is 2. The first kappa shape index (κ1) is 20.6. The number of carbonyl (C=O) groups is 2. The molecule has 166 valence electrons. The molecule has 5 rings (SSSR count). The summed E-state index contributed by atoms with van der Waals surface area (Å²) in [5.74, 6) is -0.690. The maximum Gasteiger partial charge on any atom is 0.315 e. The first-order valence-electron chi connectivity index (χ1n) is 10.7. The molecule has 3 aromatic heterocycles. The van der Waals surface area contributed by atoms with E-state index in [1.54, 1.807) is 35.5 Å². The second-order valence-electron chi connectivity index (χ2n) is 8.35. The summed E-state index contributed by atoms with van der Waals surface area (Å²) in [5, 5.41) is 10.9. The highest BCUT2D eigenvalue weighted by Gasteiger charge is 2.22. The maximum atomic E-state index is 12.4. The van der Waals surface area contributed by atoms with Crippen LogP contribution in [-0.2, 0) is 16.1 Å². The Kier molecular flexibility index (Phi) is 5.21. The molecule has 1 aliphatic rings. The van der Waals surface area contributed by atoms with Gasteiger partial charge in [0.15, 0.2) is 0 Å². The second-order valence-corrected chi connectivity index (χ2v) is 8.35. The number of benzene rings is 1. The Hall–Kier alpha value is -4.27. The number of nitrogens with two attached hydrogens (primary N) is 1. The number of hydrogen-bond donors (Lipinski definition) is 3. The highest BCUT2D eigenvalue weighted by Crippen LogP contribution is 2.32. The molecule has 0 unspecified atom stereocenters. The Bertz CT molecular complexity index is 1370. The van der Waals surface area contributed by atoms with Crippen molar-refractivity contribution in [3.05, 3.63) is 60.8 Å². The van der Waals surface area contributed by atoms with Crippen molar-refractivity contribution in [3.63, 3.8) is 0 Å². The third-order valence-electron chi connectivity index (χ3n) is 5.70. The lowest BCUT2D eigenvalue weighted by Gasteiger charge is -2.11. The van der Waals surface area contributed by atoms with E-state index in [1.807, 2.05) is 25.1 Å². The predicted molar refractivity (Wildman–Crippen MR) is 126 cm³/mol. The lowest BCUT2D eigenvalue weighted by molar-refractivity contribution is -0.133. The molecule has 9 nitrogen and oxygen atoms in total. The highest BCUT2D eigenvalue weighted by molar-refractivity contribution is 6.43. The number of hydrogen-bond acceptors (Lipinski definition) is 6. The van der Waals surface area contributed by atoms with Crippen LogP contribution in [0.15, 0.2) is 55.2 Å². The van der Waals surface area contributed by atoms with Crippen molar-refractivity contribution in [1.82, 2.24) is 19.7 Å². The molecule has 2 amide bonds. The van der Waals surface area contributed by atoms with Gasteiger partial charge in [0.1, 0.15) is 5.82 Å². The fraction of sp³-hybridized carbons (Fsp3) is 0.208. The van der Waals surface area contributed by atoms with Gasteiger partial charge in [-0.25, -0.2) is 4.98 Å². The van der Waals surface area contributed by atoms with E-state index >= 15 is 0 Å². The van der Waals surface area contributed by atoms with Crippen LogP contribution in [0, 0.1) is 12.8 Å². The second kappa shape index (κ2) is 8.34. The quantitative estimate of drug-likeness (QED) is 0.322. The number of aromatic nitrogens is 4. The van der Waals surface area contributed by atoms with Gasteiger partial charge in [-0.1, -0.05) is 0 Å². The molecule has 4 N–H and O–H groups in total. The number of carbonyl (C=O) groups excluding carboxylic acids is 2. The van der Waals surface area contributed by atoms with E-state index in [1.165, 1.54) is 19.0 Å². The lowest BCUT2D eigenvalue weighted by Crippen LogP contribution is -2.29. The molecule has 0 radical (unpaired) electrons. The molecule has 4 aromatic rings. The van der Waals surface area contributed by atoms with Gasteiger partial charge < -0.3 is 16.4 Å². The van der Waals surface area contributed by atoms with Crippen LogP contribution in [-0.4, -0.2) is 31.6 Å². The SMILES string of the molecule is Cc1ccncc1-c1cc(N)c2cnc(NC(=O)C(=O)Nc3cnn(CC4CC4)c3)cc2c1. The predicted octanol–water partition coefficient (Wildman–Crippen LogP) is 3.37. The van der Waals surface area contributed by atoms with Gasteiger partial charge in [-0.15, -0.1) is 0 Å². The summed E-state index contributed by atoms with van der Waals surface area (Å²) < 4.78 is 1.78. The molecular formula is C24H23N7O2. The standard InChI is InChI=1S/C24H23N7O2/c1-14-4-5-26-10-19(14)16-6-17-8-22(27-11-20(17)21(25)7-16)30-24(33)23(32)29-18-9-28-31(13-18)12-15-2-3-15/h4-11,13,15H,2-3,12,25H2,1H3,(H,29,32)(H,27,30,33). The highest BCUT2D eigenvalue weighted by atomic mass is 16.2. The number of pyridine rings is 2. The molecular weight excluding hydrogens is 418 g/mol. The number of rotatable bonds is 5. The van der Waals surface area contributed by atoms with Crippen LogP contribution in [0.2, 0.25) is 0 Å². The van der Waals surface area contributed by atoms with E-state index in [2.05, 4.69) is 25.7 Å². The molecule has 1 saturated carbocycles. The Morgan fingerprint density at radius 1 is 1.12 bits per heavy atom. The minimum atomic E-state index is -0.816. The third kappa shape index (κ3) is 4.52. The zero-order valence-electron chi connectivity index (χ0n) is 18.1. The fourth-order valence-electron chi connectivity index (χ4n) is 3.73. The number of aryl methyl sites for hydroxylation is 1. The molecule has 0 aliphatic heterocycles. The summed E-state index contributed by atoms with van der Waals surface area (Å²) in [7, 11) is 0. The van der Waals surface area contributed by atoms with Gasteiger partial charge in [0, 0.05) is 48.0 Å². The molecule has 0 atom stereocenters. The smallest absolute Gasteiger partial charge is 0.315 e. The van der Waals surface area contributed by atoms with Crippen molar-refractivity contribution in [1.29, 1.82) is 0 Å². The van der Waals surface area contributed by atoms with E-state index in [0.717, 1.165) is 34.0 Å². The molecule has 1 aliphatic carbocycles. The first-order valence-corrected chi connectivity index (χ1v) is 10.7. The molecule has 0 bridgehead atoms. The summed E-state index contributed by atoms with van der Waals surface area (Å²) in [6, 6.07) is 7.46. The van der Waals surface area contributed by atoms with Crippen LogP contribution in [0.3, 0.4) is 0 Å². The van der Waals surface area contributed by atoms with Gasteiger partial charge in [-0.2, -0.15) is 5.10 Å². The summed E-state index contributed by atoms with van der Waals surface area (Å²) in [4.78, 5) is 33.2. The van der Waals surface area contributed by atoms with Crippen molar-refractivity contribution in [2.45, 2.75) is 26.3 Å². The normalized spacial score (nSPS) is 13.1. The molecule has 1 aromatic carbocycles. The minimum absolute atomic E-state index is 0.256. The zero-order valence-corrected chi connectivity index (χ0v) is 18.1. The number of nitrogen functional groups attached to an aromatic ring is 1. The number of amides is 2. The Morgan fingerprint density at radius 3 is 2.73 bits per heavy atom. The van der Waals surface area contributed by atoms with Crippen molar-refractivity contribution in [2.75, 3.05) is 16.4 Å². The van der Waals surface area contributed by atoms with Gasteiger partial charge in [0.2, 0.25) is 0 Å². The van der Waals surface area contributed by atoms with Crippen molar-refractivity contribution < 1.29 is 9.59 Å². The van der Waals surface area contributed by atoms with Gasteiger partial charge in [-0.3, -0.25) is 19.3 Å². The Morgan fingerprint density at radius 2 is 1.94 bits per heavy atom. The van der Waals surface area contributed by atoms with E-state index in [0.29, 0.717) is 17.3 Å². The monoisotopic (exact) mass is 441 g/mol. The fourth-order valence-corrected chi connectivity index (χ4v) is 3.73. The number of nitrogens with zero attached hydrogens (tertiary/aromatic N) is 4. The van der Waals surface area contributed by atoms with Gasteiger partial charge in [0.05, 0.1) is 11.9 Å². The average Bonchev–Trinajstić information content (AvgIpc) is 3.50. The van der Waals surface area contributed by atoms with E-state index in [9.17, 15) is 9.59 Å². The summed E-state index contributed by atoms with van der Waals surface area (Å²) in [6.07, 6.45) is 10.8. The topological polar surface area (TPSA) is 128 Å². The van der Waals surface area contributed by atoms with Crippen LogP contribution in [0.5, 0.6) is 0 Å². The average molecular weight is 441 g/mol. The zero-order chi connectivity index (χ0) is 22.9. The van der Waals surface area contributed by atoms with Crippen LogP contribution < -0.4 is 16.4 Å². The van der Waals surface area contributed by atoms with Gasteiger partial charge in [0.25, 0.3) is 0 Å². The molecule has 3 heterocycles. The van der Waals surface area contributed by atoms with Crippen molar-refractivity contribution >= 4 is 39.8 Å². The van der Waals surface area contributed by atoms with Crippen molar-refractivity contribution in [3.8, 4) is 11.1 Å². The number of anilines is 3. The third-order valence-corrected chi connectivity index (χ3v) is 5.70. The van der Waals surface area contributed by atoms with Gasteiger partial charge >= 0.3 is 11.8 Å². The van der Waals surface area contributed by atoms with Crippen LogP contribution >= 0.6 is 0 Å². The molecule has 9 heteroatoms. The Balaban J connectivity index is 1.32. The van der Waals surface area contributed by atoms with Gasteiger partial charge in [-0.05, 0) is 66.5 Å². The molecule has 0 saturated heterocycles. The summed E-state index contributed by atoms with van der Waals surface area (Å²) in [6.45, 7) is 2.83. The minimum Gasteiger partial charge on any atom is -0.398 e. The lowest BCUT2D eigenvalue weighted by atomic mass is 9.99. The van der Waals surface area contributed by atoms with E-state index < -0.39 is 11.8 Å². The van der Waals surface area contributed by atoms with Crippen LogP contribution in [0.25, 0.3) is 21.9 Å². The largest absolute Gasteiger partial charge is 0.398 e. The number of fused-ring (bicyclic) bond motifs is 1. The summed E-state index contributed by atoms with van der Waals surface area (Å²) >= 11 is 0. The van der Waals surface area contributed by atoms with Crippen molar-refractivity contribution in [2.24, 2.45) is 5.92 Å². The Labute approximate surface area is 190 Å². The molecule has 33 heavy (non-hydrogen) atoms. The van der Waals surface area contributed by atoms with Crippen LogP contribution in [0.4, 0.5) is 17.2 Å².